The van der Waals surface area contributed by atoms with E-state index in [9.17, 15) is 0 Å². The number of hydrogen-bond acceptors (Lipinski definition) is 8. The molecule has 0 spiro atoms. The maximum absolute atomic E-state index is 6.85. The second-order valence-corrected chi connectivity index (χ2v) is 23.7. The molecule has 0 amide bonds. The molecular formula is C84H50N8O2. The van der Waals surface area contributed by atoms with Crippen molar-refractivity contribution in [3.8, 4) is 102 Å². The quantitative estimate of drug-likeness (QED) is 0.133. The molecule has 0 aliphatic carbocycles. The fourth-order valence-corrected chi connectivity index (χ4v) is 13.9. The van der Waals surface area contributed by atoms with Gasteiger partial charge in [0, 0.05) is 76.8 Å². The Kier molecular flexibility index (Phi) is 12.0. The van der Waals surface area contributed by atoms with Gasteiger partial charge >= 0.3 is 0 Å². The lowest BCUT2D eigenvalue weighted by molar-refractivity contribution is 0.672. The smallest absolute Gasteiger partial charge is 0.164 e. The van der Waals surface area contributed by atoms with Gasteiger partial charge in [-0.1, -0.05) is 212 Å². The molecule has 10 nitrogen and oxygen atoms in total. The topological polar surface area (TPSA) is 113 Å². The normalized spacial score (nSPS) is 11.8. The summed E-state index contributed by atoms with van der Waals surface area (Å²) in [5.41, 5.74) is 18.5. The Labute approximate surface area is 537 Å². The van der Waals surface area contributed by atoms with E-state index >= 15 is 0 Å². The van der Waals surface area contributed by atoms with Gasteiger partial charge in [-0.15, -0.1) is 0 Å². The van der Waals surface area contributed by atoms with Crippen LogP contribution in [0.1, 0.15) is 0 Å². The average Bonchev–Trinajstić information content (AvgIpc) is 1.56. The summed E-state index contributed by atoms with van der Waals surface area (Å²) in [5, 5.41) is 8.55. The Morgan fingerprint density at radius 2 is 0.532 bits per heavy atom. The molecule has 13 aromatic carbocycles. The Balaban J connectivity index is 0.880. The van der Waals surface area contributed by atoms with Crippen molar-refractivity contribution < 1.29 is 8.83 Å². The lowest BCUT2D eigenvalue weighted by Gasteiger charge is -2.19. The summed E-state index contributed by atoms with van der Waals surface area (Å²) in [6.45, 7) is 0. The summed E-state index contributed by atoms with van der Waals surface area (Å²) in [6, 6.07) is 105. The number of nitrogens with zero attached hydrogens (tertiary/aromatic N) is 8. The highest BCUT2D eigenvalue weighted by Crippen LogP contribution is 2.47. The molecule has 0 unspecified atom stereocenters. The first-order valence-electron chi connectivity index (χ1n) is 31.4. The van der Waals surface area contributed by atoms with Crippen LogP contribution < -0.4 is 0 Å². The largest absolute Gasteiger partial charge is 0.455 e. The van der Waals surface area contributed by atoms with Gasteiger partial charge in [-0.25, -0.2) is 29.9 Å². The Bertz CT molecular complexity index is 5740. The molecule has 6 aromatic heterocycles. The van der Waals surface area contributed by atoms with Crippen molar-refractivity contribution in [1.29, 1.82) is 0 Å². The molecule has 0 saturated carbocycles. The molecule has 6 heterocycles. The van der Waals surface area contributed by atoms with E-state index in [4.69, 9.17) is 38.7 Å². The van der Waals surface area contributed by atoms with Crippen molar-refractivity contribution in [2.75, 3.05) is 0 Å². The molecule has 0 N–H and O–H groups in total. The molecule has 438 valence electrons. The minimum Gasteiger partial charge on any atom is -0.455 e. The van der Waals surface area contributed by atoms with Crippen LogP contribution in [0.15, 0.2) is 312 Å². The molecule has 0 bridgehead atoms. The first kappa shape index (κ1) is 53.0. The van der Waals surface area contributed by atoms with Crippen LogP contribution in [0.2, 0.25) is 0 Å². The lowest BCUT2D eigenvalue weighted by Crippen LogP contribution is -2.02. The van der Waals surface area contributed by atoms with E-state index in [1.165, 1.54) is 0 Å². The Morgan fingerprint density at radius 1 is 0.213 bits per heavy atom. The van der Waals surface area contributed by atoms with Crippen LogP contribution in [0, 0.1) is 0 Å². The van der Waals surface area contributed by atoms with Gasteiger partial charge in [-0.2, -0.15) is 0 Å². The van der Waals surface area contributed by atoms with Crippen molar-refractivity contribution >= 4 is 87.5 Å². The van der Waals surface area contributed by atoms with E-state index in [-0.39, 0.29) is 0 Å². The van der Waals surface area contributed by atoms with E-state index in [1.807, 2.05) is 146 Å². The maximum Gasteiger partial charge on any atom is 0.164 e. The average molecular weight is 1200 g/mol. The van der Waals surface area contributed by atoms with Gasteiger partial charge in [-0.3, -0.25) is 0 Å². The van der Waals surface area contributed by atoms with E-state index in [2.05, 4.69) is 167 Å². The maximum atomic E-state index is 6.85. The molecule has 0 saturated heterocycles. The summed E-state index contributed by atoms with van der Waals surface area (Å²) in [6.07, 6.45) is 0. The van der Waals surface area contributed by atoms with Crippen molar-refractivity contribution in [3.63, 3.8) is 0 Å². The molecule has 0 aliphatic rings. The predicted octanol–water partition coefficient (Wildman–Crippen LogP) is 21.4. The van der Waals surface area contributed by atoms with Crippen LogP contribution in [-0.2, 0) is 0 Å². The van der Waals surface area contributed by atoms with Gasteiger partial charge in [0.25, 0.3) is 0 Å². The Morgan fingerprint density at radius 3 is 0.915 bits per heavy atom. The molecular weight excluding hydrogens is 1150 g/mol. The number of furan rings is 2. The first-order chi connectivity index (χ1) is 46.6. The van der Waals surface area contributed by atoms with E-state index in [0.717, 1.165) is 154 Å². The fourth-order valence-electron chi connectivity index (χ4n) is 13.9. The molecule has 0 aliphatic heterocycles. The monoisotopic (exact) mass is 1200 g/mol. The summed E-state index contributed by atoms with van der Waals surface area (Å²) in [7, 11) is 0. The SMILES string of the molecule is c1ccc(-c2nc(-c3ccccc3)nc(-c3ccc(-n4c5ccccc5c5c6oc7ccccc7c6ccc54)c(-c4cccc(-c5cc(-c6nc(-c7ccccc7)nc(-c7ccccc7)n6)ccc5-n5c6ccccc6c6c7oc8ccccc8c7ccc65)c4)c3)n2)cc1. The van der Waals surface area contributed by atoms with Gasteiger partial charge < -0.3 is 18.0 Å². The highest BCUT2D eigenvalue weighted by atomic mass is 16.3. The number of benzene rings is 13. The molecule has 0 radical (unpaired) electrons. The minimum absolute atomic E-state index is 0.546. The van der Waals surface area contributed by atoms with Crippen LogP contribution in [0.3, 0.4) is 0 Å². The van der Waals surface area contributed by atoms with Crippen LogP contribution in [0.25, 0.3) is 189 Å². The number of aromatic nitrogens is 8. The Hall–Kier alpha value is -12.9. The van der Waals surface area contributed by atoms with Gasteiger partial charge in [0.05, 0.1) is 44.2 Å². The van der Waals surface area contributed by atoms with Crippen LogP contribution >= 0.6 is 0 Å². The van der Waals surface area contributed by atoms with Crippen LogP contribution in [-0.4, -0.2) is 39.0 Å². The van der Waals surface area contributed by atoms with Crippen molar-refractivity contribution in [2.45, 2.75) is 0 Å². The molecule has 0 atom stereocenters. The van der Waals surface area contributed by atoms with Crippen LogP contribution in [0.4, 0.5) is 0 Å². The van der Waals surface area contributed by atoms with Gasteiger partial charge in [0.15, 0.2) is 34.9 Å². The highest BCUT2D eigenvalue weighted by Gasteiger charge is 2.26. The molecule has 19 rings (SSSR count). The molecule has 0 fully saturated rings. The van der Waals surface area contributed by atoms with Gasteiger partial charge in [-0.05, 0) is 102 Å². The predicted molar refractivity (Wildman–Crippen MR) is 380 cm³/mol. The van der Waals surface area contributed by atoms with Crippen molar-refractivity contribution in [3.05, 3.63) is 303 Å². The van der Waals surface area contributed by atoms with E-state index in [0.29, 0.717) is 34.9 Å². The second-order valence-electron chi connectivity index (χ2n) is 23.7. The number of para-hydroxylation sites is 4. The molecule has 94 heavy (non-hydrogen) atoms. The second kappa shape index (κ2) is 21.4. The number of rotatable bonds is 10. The van der Waals surface area contributed by atoms with Gasteiger partial charge in [0.1, 0.15) is 22.3 Å². The zero-order valence-electron chi connectivity index (χ0n) is 50.3. The van der Waals surface area contributed by atoms with Crippen molar-refractivity contribution in [1.82, 2.24) is 39.0 Å². The summed E-state index contributed by atoms with van der Waals surface area (Å²) in [5.74, 6) is 3.42. The molecule has 10 heteroatoms. The van der Waals surface area contributed by atoms with Gasteiger partial charge in [0.2, 0.25) is 0 Å². The standard InChI is InChI=1S/C84H50N8O2/c1-5-22-51(23-6-1)79-85-80(52-24-7-2-8-25-52)88-83(87-79)57-40-44-69(91-67-36-17-13-34-63(67)75-71(91)46-42-61-59-32-15-19-38-73(59)93-77(61)75)65(49-57)55-30-21-31-56(48-55)66-50-58(84-89-81(53-26-9-3-10-27-53)86-82(90-84)54-28-11-4-12-29-54)41-45-70(66)92-68-37-18-14-35-64(68)76-72(92)47-43-62-60-33-16-20-39-74(60)94-78(62)76/h1-50H. The third kappa shape index (κ3) is 8.58. The first-order valence-corrected chi connectivity index (χ1v) is 31.4. The number of hydrogen-bond donors (Lipinski definition) is 0. The number of fused-ring (bicyclic) bond motifs is 14. The summed E-state index contributed by atoms with van der Waals surface area (Å²) >= 11 is 0. The van der Waals surface area contributed by atoms with Crippen molar-refractivity contribution in [2.24, 2.45) is 0 Å². The zero-order valence-corrected chi connectivity index (χ0v) is 50.3. The summed E-state index contributed by atoms with van der Waals surface area (Å²) < 4.78 is 18.5. The van der Waals surface area contributed by atoms with E-state index < -0.39 is 0 Å². The lowest BCUT2D eigenvalue weighted by atomic mass is 9.94. The van der Waals surface area contributed by atoms with E-state index in [1.54, 1.807) is 0 Å². The minimum atomic E-state index is 0.546. The molecule has 19 aromatic rings. The third-order valence-corrected chi connectivity index (χ3v) is 18.2. The highest BCUT2D eigenvalue weighted by molar-refractivity contribution is 6.25. The summed E-state index contributed by atoms with van der Waals surface area (Å²) in [4.78, 5) is 31.4. The fraction of sp³-hybridized carbons (Fsp3) is 0. The van der Waals surface area contributed by atoms with Crippen LogP contribution in [0.5, 0.6) is 0 Å². The third-order valence-electron chi connectivity index (χ3n) is 18.2. The zero-order chi connectivity index (χ0) is 61.8.